The summed E-state index contributed by atoms with van der Waals surface area (Å²) in [6.07, 6.45) is 5.60. The number of aliphatic imine (C=N–C) groups is 2. The molecule has 0 bridgehead atoms. The molecule has 0 atom stereocenters. The summed E-state index contributed by atoms with van der Waals surface area (Å²) in [6.45, 7) is 20.7. The van der Waals surface area contributed by atoms with E-state index in [2.05, 4.69) is 65.1 Å². The minimum absolute atomic E-state index is 0. The fourth-order valence-corrected chi connectivity index (χ4v) is 4.23. The topological polar surface area (TPSA) is 37.6 Å². The van der Waals surface area contributed by atoms with E-state index < -0.39 is 0 Å². The number of halogens is 2. The zero-order chi connectivity index (χ0) is 26.2. The Morgan fingerprint density at radius 1 is 0.744 bits per heavy atom. The Balaban J connectivity index is 0.00000481. The van der Waals surface area contributed by atoms with Gasteiger partial charge < -0.3 is 24.8 Å². The summed E-state index contributed by atoms with van der Waals surface area (Å²) in [5.74, 6) is 0.732. The van der Waals surface area contributed by atoms with Crippen molar-refractivity contribution < 1.29 is 41.9 Å². The second-order valence-electron chi connectivity index (χ2n) is 9.89. The van der Waals surface area contributed by atoms with Gasteiger partial charge in [-0.25, -0.2) is 4.98 Å². The minimum atomic E-state index is 0. The standard InChI is InChI=1S/C33H39N3.2ClH.Fe/c1-9-12-26-16-18-28(19-17-26)34-24(7)31-14-11-15-32(36-31)25(8)35-33-29(22(3)4)20-27(13-10-2)21-30(33)23(5)6;;;/h9-11,14-23H,1-2,12-13H2,3-8H3;2*1H;/q;;;+2/p-2. The van der Waals surface area contributed by atoms with Gasteiger partial charge in [0.1, 0.15) is 0 Å². The Morgan fingerprint density at radius 3 is 1.67 bits per heavy atom. The molecule has 0 aliphatic rings. The predicted octanol–water partition coefficient (Wildman–Crippen LogP) is 3.07. The van der Waals surface area contributed by atoms with E-state index in [9.17, 15) is 0 Å². The van der Waals surface area contributed by atoms with Gasteiger partial charge in [-0.1, -0.05) is 70.2 Å². The molecule has 0 aliphatic carbocycles. The molecule has 3 nitrogen and oxygen atoms in total. The van der Waals surface area contributed by atoms with Crippen molar-refractivity contribution in [3.63, 3.8) is 0 Å². The number of nitrogens with zero attached hydrogens (tertiary/aromatic N) is 3. The zero-order valence-corrected chi connectivity index (χ0v) is 26.4. The molecule has 0 fully saturated rings. The third-order valence-corrected chi connectivity index (χ3v) is 6.24. The first kappa shape index (κ1) is 36.5. The summed E-state index contributed by atoms with van der Waals surface area (Å²) in [7, 11) is 0. The van der Waals surface area contributed by atoms with Crippen molar-refractivity contribution in [2.75, 3.05) is 0 Å². The third kappa shape index (κ3) is 9.89. The number of pyridine rings is 1. The second kappa shape index (κ2) is 17.3. The Hall–Kier alpha value is -2.49. The molecule has 3 aromatic rings. The van der Waals surface area contributed by atoms with Crippen LogP contribution in [0.4, 0.5) is 11.4 Å². The molecule has 0 radical (unpaired) electrons. The van der Waals surface area contributed by atoms with E-state index in [1.807, 2.05) is 56.3 Å². The molecule has 0 saturated carbocycles. The summed E-state index contributed by atoms with van der Waals surface area (Å²) in [4.78, 5) is 14.9. The van der Waals surface area contributed by atoms with Crippen LogP contribution in [0.1, 0.15) is 87.0 Å². The van der Waals surface area contributed by atoms with Crippen LogP contribution in [0.3, 0.4) is 0 Å². The Morgan fingerprint density at radius 2 is 1.21 bits per heavy atom. The van der Waals surface area contributed by atoms with Crippen LogP contribution in [-0.4, -0.2) is 16.4 Å². The average molecular weight is 604 g/mol. The molecule has 0 N–H and O–H groups in total. The Kier molecular flexibility index (Phi) is 16.2. The number of hydrogen-bond donors (Lipinski definition) is 0. The van der Waals surface area contributed by atoms with Crippen molar-refractivity contribution in [2.24, 2.45) is 9.98 Å². The number of hydrogen-bond acceptors (Lipinski definition) is 3. The summed E-state index contributed by atoms with van der Waals surface area (Å²) >= 11 is 0. The van der Waals surface area contributed by atoms with Gasteiger partial charge in [-0.2, -0.15) is 0 Å². The molecule has 6 heteroatoms. The van der Waals surface area contributed by atoms with Crippen LogP contribution >= 0.6 is 0 Å². The summed E-state index contributed by atoms with van der Waals surface area (Å²) in [5, 5.41) is 0. The third-order valence-electron chi connectivity index (χ3n) is 6.24. The molecule has 1 heterocycles. The number of allylic oxidation sites excluding steroid dienone is 2. The van der Waals surface area contributed by atoms with Crippen LogP contribution in [0.25, 0.3) is 0 Å². The molecule has 0 unspecified atom stereocenters. The van der Waals surface area contributed by atoms with Gasteiger partial charge in [0.15, 0.2) is 0 Å². The molecule has 0 spiro atoms. The predicted molar refractivity (Wildman–Crippen MR) is 157 cm³/mol. The smallest absolute Gasteiger partial charge is 1.00 e. The van der Waals surface area contributed by atoms with Crippen LogP contribution in [0, 0.1) is 0 Å². The maximum Gasteiger partial charge on any atom is 2.00 e. The van der Waals surface area contributed by atoms with E-state index in [4.69, 9.17) is 15.0 Å². The molecule has 3 rings (SSSR count). The van der Waals surface area contributed by atoms with Crippen molar-refractivity contribution in [3.8, 4) is 0 Å². The Labute approximate surface area is 258 Å². The summed E-state index contributed by atoms with van der Waals surface area (Å²) in [5.41, 5.74) is 10.5. The molecule has 0 amide bonds. The maximum absolute atomic E-state index is 5.16. The van der Waals surface area contributed by atoms with Gasteiger partial charge in [-0.3, -0.25) is 9.98 Å². The Bertz CT molecular complexity index is 1260. The molecule has 0 saturated heterocycles. The monoisotopic (exact) mass is 603 g/mol. The van der Waals surface area contributed by atoms with Crippen LogP contribution in [0.15, 0.2) is 89.9 Å². The number of benzene rings is 2. The van der Waals surface area contributed by atoms with Gasteiger partial charge in [0.2, 0.25) is 0 Å². The minimum Gasteiger partial charge on any atom is -1.00 e. The zero-order valence-electron chi connectivity index (χ0n) is 23.8. The van der Waals surface area contributed by atoms with Crippen molar-refractivity contribution in [3.05, 3.63) is 114 Å². The fourth-order valence-electron chi connectivity index (χ4n) is 4.23. The van der Waals surface area contributed by atoms with E-state index in [1.165, 1.54) is 22.3 Å². The molecular weight excluding hydrogens is 565 g/mol. The van der Waals surface area contributed by atoms with Gasteiger partial charge >= 0.3 is 17.1 Å². The normalized spacial score (nSPS) is 11.4. The van der Waals surface area contributed by atoms with Gasteiger partial charge in [0, 0.05) is 0 Å². The molecular formula is C33H39Cl2FeN3. The molecule has 39 heavy (non-hydrogen) atoms. The first-order valence-electron chi connectivity index (χ1n) is 12.8. The van der Waals surface area contributed by atoms with E-state index >= 15 is 0 Å². The molecule has 208 valence electrons. The van der Waals surface area contributed by atoms with Crippen molar-refractivity contribution in [1.29, 1.82) is 0 Å². The first-order chi connectivity index (χ1) is 17.2. The SMILES string of the molecule is C=CCc1ccc(N=C(C)c2cccc(C(C)=Nc3c(C(C)C)cc(CC=C)cc3C(C)C)n2)cc1.[Cl-].[Cl-].[Fe+2]. The van der Waals surface area contributed by atoms with E-state index in [-0.39, 0.29) is 41.9 Å². The number of aromatic nitrogens is 1. The van der Waals surface area contributed by atoms with Crippen LogP contribution in [0.5, 0.6) is 0 Å². The van der Waals surface area contributed by atoms with E-state index in [1.54, 1.807) is 0 Å². The van der Waals surface area contributed by atoms with Crippen LogP contribution < -0.4 is 24.8 Å². The quantitative estimate of drug-likeness (QED) is 0.199. The molecule has 0 aliphatic heterocycles. The van der Waals surface area contributed by atoms with Crippen molar-refractivity contribution in [1.82, 2.24) is 4.98 Å². The van der Waals surface area contributed by atoms with Crippen molar-refractivity contribution >= 4 is 22.8 Å². The first-order valence-corrected chi connectivity index (χ1v) is 12.8. The van der Waals surface area contributed by atoms with Crippen LogP contribution in [0.2, 0.25) is 0 Å². The molecule has 1 aromatic heterocycles. The van der Waals surface area contributed by atoms with E-state index in [0.717, 1.165) is 47.0 Å². The maximum atomic E-state index is 5.16. The van der Waals surface area contributed by atoms with Crippen molar-refractivity contribution in [2.45, 2.75) is 66.2 Å². The second-order valence-corrected chi connectivity index (χ2v) is 9.89. The number of rotatable bonds is 10. The largest absolute Gasteiger partial charge is 2.00 e. The van der Waals surface area contributed by atoms with Gasteiger partial charge in [0.25, 0.3) is 0 Å². The van der Waals surface area contributed by atoms with Gasteiger partial charge in [-0.15, -0.1) is 13.2 Å². The average Bonchev–Trinajstić information content (AvgIpc) is 2.86. The molecule has 2 aromatic carbocycles. The van der Waals surface area contributed by atoms with Gasteiger partial charge in [-0.05, 0) is 85.0 Å². The fraction of sp³-hybridized carbons (Fsp3) is 0.303. The van der Waals surface area contributed by atoms with Gasteiger partial charge in [0.05, 0.1) is 34.2 Å². The van der Waals surface area contributed by atoms with Crippen LogP contribution in [-0.2, 0) is 29.9 Å². The summed E-state index contributed by atoms with van der Waals surface area (Å²) < 4.78 is 0. The van der Waals surface area contributed by atoms with E-state index in [0.29, 0.717) is 11.8 Å². The summed E-state index contributed by atoms with van der Waals surface area (Å²) in [6, 6.07) is 18.9.